The number of benzene rings is 5. The van der Waals surface area contributed by atoms with Crippen LogP contribution in [0.25, 0.3) is 5.32 Å². The number of nitrogens with zero attached hydrogens (tertiary/aromatic N) is 3. The SMILES string of the molecule is C1=[N+](c2ccccc2)c2ccccc2[N+]=1c1ccccc1.[Au+].c1ccc2c(c1)Cc1ccccc1[N-]2. The predicted octanol–water partition coefficient (Wildman–Crippen LogP) is 8.47. The zero-order valence-corrected chi connectivity index (χ0v) is 21.7. The normalized spacial score (nSPS) is 12.2. The van der Waals surface area contributed by atoms with Crippen LogP contribution >= 0.6 is 0 Å². The fourth-order valence-electron chi connectivity index (χ4n) is 4.47. The number of para-hydroxylation sites is 6. The van der Waals surface area contributed by atoms with E-state index < -0.39 is 0 Å². The minimum absolute atomic E-state index is 0. The molecule has 0 aliphatic carbocycles. The summed E-state index contributed by atoms with van der Waals surface area (Å²) in [7, 11) is 0. The molecule has 4 heteroatoms. The van der Waals surface area contributed by atoms with E-state index in [1.54, 1.807) is 0 Å². The van der Waals surface area contributed by atoms with Crippen LogP contribution in [0.15, 0.2) is 133 Å². The molecular formula is C32H24AuN3+2. The molecule has 176 valence electrons. The molecule has 0 N–H and O–H groups in total. The summed E-state index contributed by atoms with van der Waals surface area (Å²) in [6.45, 7) is 0. The maximum Gasteiger partial charge on any atom is 1.00 e. The van der Waals surface area contributed by atoms with Crippen LogP contribution in [0.5, 0.6) is 0 Å². The monoisotopic (exact) mass is 647 g/mol. The molecule has 36 heavy (non-hydrogen) atoms. The van der Waals surface area contributed by atoms with Crippen molar-refractivity contribution < 1.29 is 22.4 Å². The first-order valence-electron chi connectivity index (χ1n) is 11.8. The largest absolute Gasteiger partial charge is 1.00 e. The van der Waals surface area contributed by atoms with Crippen molar-refractivity contribution in [2.75, 3.05) is 0 Å². The van der Waals surface area contributed by atoms with Crippen LogP contribution in [0.1, 0.15) is 11.1 Å². The number of hydrogen-bond donors (Lipinski definition) is 0. The molecule has 0 saturated heterocycles. The van der Waals surface area contributed by atoms with Crippen molar-refractivity contribution >= 4 is 40.1 Å². The van der Waals surface area contributed by atoms with Crippen LogP contribution in [0, 0.1) is 0 Å². The predicted molar refractivity (Wildman–Crippen MR) is 146 cm³/mol. The minimum atomic E-state index is 0. The summed E-state index contributed by atoms with van der Waals surface area (Å²) in [5, 5.41) is 4.61. The van der Waals surface area contributed by atoms with Crippen molar-refractivity contribution in [3.05, 3.63) is 150 Å². The molecular weight excluding hydrogens is 623 g/mol. The second-order valence-corrected chi connectivity index (χ2v) is 8.48. The zero-order valence-electron chi connectivity index (χ0n) is 19.6. The second kappa shape index (κ2) is 10.7. The molecule has 0 aromatic heterocycles. The Morgan fingerprint density at radius 2 is 0.861 bits per heavy atom. The van der Waals surface area contributed by atoms with Crippen molar-refractivity contribution in [3.63, 3.8) is 0 Å². The van der Waals surface area contributed by atoms with E-state index in [1.807, 2.05) is 48.5 Å². The Balaban J connectivity index is 0.000000155. The van der Waals surface area contributed by atoms with Crippen LogP contribution in [-0.4, -0.2) is 6.01 Å². The molecule has 0 fully saturated rings. The molecule has 0 bridgehead atoms. The van der Waals surface area contributed by atoms with Gasteiger partial charge in [-0.2, -0.15) is 0 Å². The van der Waals surface area contributed by atoms with Crippen molar-refractivity contribution in [2.45, 2.75) is 6.42 Å². The molecule has 0 radical (unpaired) electrons. The molecule has 2 aliphatic rings. The van der Waals surface area contributed by atoms with Gasteiger partial charge in [0.15, 0.2) is 0 Å². The molecule has 5 aromatic rings. The van der Waals surface area contributed by atoms with Gasteiger partial charge in [-0.3, -0.25) is 0 Å². The van der Waals surface area contributed by atoms with Gasteiger partial charge < -0.3 is 5.32 Å². The third-order valence-corrected chi connectivity index (χ3v) is 6.20. The molecule has 0 saturated carbocycles. The first-order chi connectivity index (χ1) is 17.4. The van der Waals surface area contributed by atoms with E-state index in [4.69, 9.17) is 0 Å². The molecule has 7 rings (SSSR count). The van der Waals surface area contributed by atoms with Gasteiger partial charge in [-0.05, 0) is 15.6 Å². The Labute approximate surface area is 227 Å². The molecule has 0 unspecified atom stereocenters. The van der Waals surface area contributed by atoms with E-state index in [1.165, 1.54) is 11.1 Å². The standard InChI is InChI=1S/C19H14N2.C13H10N.Au/c1-3-9-16(10-4-1)20-15-21(17-11-5-2-6-12-17)19-14-8-7-13-18(19)20;1-3-7-12-10(5-1)9-11-6-2-4-8-13(11)14-12;/h1-14H;1-8H,9H2;/q+2;-1;+1. The number of rotatable bonds is 2. The van der Waals surface area contributed by atoms with E-state index in [0.717, 1.165) is 40.5 Å². The molecule has 3 nitrogen and oxygen atoms in total. The van der Waals surface area contributed by atoms with Gasteiger partial charge in [0.05, 0.1) is 0 Å². The molecule has 0 spiro atoms. The summed E-state index contributed by atoms with van der Waals surface area (Å²) >= 11 is 0. The van der Waals surface area contributed by atoms with Crippen LogP contribution in [0.3, 0.4) is 0 Å². The maximum absolute atomic E-state index is 4.61. The van der Waals surface area contributed by atoms with E-state index in [0.29, 0.717) is 0 Å². The average Bonchev–Trinajstić information content (AvgIpc) is 3.33. The van der Waals surface area contributed by atoms with E-state index >= 15 is 0 Å². The van der Waals surface area contributed by atoms with Gasteiger partial charge in [-0.25, -0.2) is 0 Å². The van der Waals surface area contributed by atoms with Crippen molar-refractivity contribution in [1.82, 2.24) is 9.15 Å². The van der Waals surface area contributed by atoms with Gasteiger partial charge in [-0.15, -0.1) is 11.4 Å². The second-order valence-electron chi connectivity index (χ2n) is 8.48. The van der Waals surface area contributed by atoms with Gasteiger partial charge in [0.1, 0.15) is 0 Å². The smallest absolute Gasteiger partial charge is 0.657 e. The summed E-state index contributed by atoms with van der Waals surface area (Å²) in [6, 6.07) is 49.1. The third kappa shape index (κ3) is 4.74. The van der Waals surface area contributed by atoms with Crippen LogP contribution in [0.2, 0.25) is 0 Å². The summed E-state index contributed by atoms with van der Waals surface area (Å²) in [5.74, 6) is 0. The Kier molecular flexibility index (Phi) is 7.08. The summed E-state index contributed by atoms with van der Waals surface area (Å²) in [6.07, 6.45) is 1.01. The van der Waals surface area contributed by atoms with Crippen LogP contribution < -0.4 is 9.15 Å². The van der Waals surface area contributed by atoms with Crippen molar-refractivity contribution in [3.8, 4) is 0 Å². The molecule has 5 aromatic carbocycles. The Morgan fingerprint density at radius 1 is 0.472 bits per heavy atom. The summed E-state index contributed by atoms with van der Waals surface area (Å²) in [4.78, 5) is 0. The zero-order chi connectivity index (χ0) is 23.5. The van der Waals surface area contributed by atoms with Gasteiger partial charge in [0.2, 0.25) is 11.4 Å². The van der Waals surface area contributed by atoms with Gasteiger partial charge >= 0.3 is 28.4 Å². The van der Waals surface area contributed by atoms with Gasteiger partial charge in [-0.1, -0.05) is 108 Å². The maximum atomic E-state index is 4.61. The number of hydrogen-bond acceptors (Lipinski definition) is 0. The molecule has 2 aliphatic heterocycles. The summed E-state index contributed by atoms with van der Waals surface area (Å²) < 4.78 is 4.20. The first kappa shape index (κ1) is 23.7. The van der Waals surface area contributed by atoms with E-state index in [-0.39, 0.29) is 22.4 Å². The van der Waals surface area contributed by atoms with Crippen LogP contribution in [0.4, 0.5) is 34.1 Å². The Morgan fingerprint density at radius 3 is 1.33 bits per heavy atom. The Hall–Kier alpha value is -3.98. The minimum Gasteiger partial charge on any atom is -0.657 e. The van der Waals surface area contributed by atoms with E-state index in [2.05, 4.69) is 105 Å². The quantitative estimate of drug-likeness (QED) is 0.133. The van der Waals surface area contributed by atoms with Crippen molar-refractivity contribution in [1.29, 1.82) is 0 Å². The van der Waals surface area contributed by atoms with Gasteiger partial charge in [0, 0.05) is 36.4 Å². The molecule has 0 atom stereocenters. The molecule has 2 heterocycles. The van der Waals surface area contributed by atoms with Gasteiger partial charge in [0.25, 0.3) is 11.4 Å². The molecule has 0 amide bonds. The summed E-state index contributed by atoms with van der Waals surface area (Å²) in [5.41, 5.74) is 9.40. The van der Waals surface area contributed by atoms with E-state index in [9.17, 15) is 0 Å². The Bertz CT molecular complexity index is 1410. The average molecular weight is 648 g/mol. The third-order valence-electron chi connectivity index (χ3n) is 6.20. The fraction of sp³-hybridized carbons (Fsp3) is 0.0312. The topological polar surface area (TPSA) is 20.1 Å². The van der Waals surface area contributed by atoms with Crippen LogP contribution in [-0.2, 0) is 28.8 Å². The fourth-order valence-corrected chi connectivity index (χ4v) is 4.47. The number of fused-ring (bicyclic) bond motifs is 3. The first-order valence-corrected chi connectivity index (χ1v) is 11.8. The van der Waals surface area contributed by atoms with Crippen molar-refractivity contribution in [2.24, 2.45) is 0 Å².